The van der Waals surface area contributed by atoms with Gasteiger partial charge in [0.2, 0.25) is 5.88 Å². The third-order valence-electron chi connectivity index (χ3n) is 5.61. The number of ether oxygens (including phenoxy) is 1. The highest BCUT2D eigenvalue weighted by Gasteiger charge is 2.49. The van der Waals surface area contributed by atoms with E-state index >= 15 is 0 Å². The van der Waals surface area contributed by atoms with Gasteiger partial charge in [0.15, 0.2) is 5.69 Å². The Morgan fingerprint density at radius 1 is 1.24 bits per heavy atom. The van der Waals surface area contributed by atoms with Gasteiger partial charge in [0.25, 0.3) is 5.91 Å². The van der Waals surface area contributed by atoms with E-state index in [0.717, 1.165) is 4.68 Å². The van der Waals surface area contributed by atoms with Gasteiger partial charge < -0.3 is 15.2 Å². The standard InChI is InChI=1S/C22H18Cl2F3N3O4/c1-30-19(34-13-6-7-14(23)15(24)10-13)16(17(29-30)22(25,26)27)18(31)28-21(8-9-21)12-4-2-11(3-5-12)20(32)33/h2-7,15H,8-10H2,1H3,(H,28,31)(H,32,33). The van der Waals surface area contributed by atoms with Crippen molar-refractivity contribution in [1.82, 2.24) is 15.1 Å². The summed E-state index contributed by atoms with van der Waals surface area (Å²) >= 11 is 12.0. The topological polar surface area (TPSA) is 93.5 Å². The van der Waals surface area contributed by atoms with Gasteiger partial charge in [-0.1, -0.05) is 23.7 Å². The first-order chi connectivity index (χ1) is 15.9. The molecule has 1 saturated carbocycles. The number of carbonyl (C=O) groups excluding carboxylic acids is 1. The summed E-state index contributed by atoms with van der Waals surface area (Å²) in [5.41, 5.74) is -2.40. The Morgan fingerprint density at radius 2 is 1.88 bits per heavy atom. The number of aromatic nitrogens is 2. The van der Waals surface area contributed by atoms with E-state index in [4.69, 9.17) is 33.0 Å². The minimum atomic E-state index is -4.91. The van der Waals surface area contributed by atoms with Crippen molar-refractivity contribution in [3.05, 3.63) is 69.6 Å². The van der Waals surface area contributed by atoms with Crippen LogP contribution in [0.15, 0.2) is 47.2 Å². The van der Waals surface area contributed by atoms with E-state index in [9.17, 15) is 22.8 Å². The van der Waals surface area contributed by atoms with Crippen LogP contribution in [0.4, 0.5) is 13.2 Å². The molecule has 1 amide bonds. The molecule has 0 saturated heterocycles. The molecule has 1 aromatic carbocycles. The second kappa shape index (κ2) is 8.66. The molecule has 4 rings (SSSR count). The summed E-state index contributed by atoms with van der Waals surface area (Å²) in [5, 5.41) is 15.0. The molecule has 0 bridgehead atoms. The number of benzene rings is 1. The maximum atomic E-state index is 13.8. The maximum absolute atomic E-state index is 13.8. The maximum Gasteiger partial charge on any atom is 0.436 e. The number of carboxylic acids is 1. The van der Waals surface area contributed by atoms with Crippen LogP contribution in [-0.2, 0) is 18.8 Å². The van der Waals surface area contributed by atoms with Crippen LogP contribution in [0, 0.1) is 0 Å². The smallest absolute Gasteiger partial charge is 0.436 e. The summed E-state index contributed by atoms with van der Waals surface area (Å²) < 4.78 is 47.8. The fraction of sp³-hybridized carbons (Fsp3) is 0.318. The predicted octanol–water partition coefficient (Wildman–Crippen LogP) is 4.95. The number of allylic oxidation sites excluding steroid dienone is 4. The third kappa shape index (κ3) is 4.65. The quantitative estimate of drug-likeness (QED) is 0.530. The van der Waals surface area contributed by atoms with Crippen molar-refractivity contribution in [3.63, 3.8) is 0 Å². The Labute approximate surface area is 201 Å². The third-order valence-corrected chi connectivity index (χ3v) is 6.50. The Hall–Kier alpha value is -2.98. The molecule has 0 aliphatic heterocycles. The SMILES string of the molecule is Cn1nc(C(F)(F)F)c(C(=O)NC2(c3ccc(C(=O)O)cc3)CC2)c1OC1=CC=C(Cl)C(Cl)C1. The van der Waals surface area contributed by atoms with Gasteiger partial charge in [-0.2, -0.15) is 18.3 Å². The lowest BCUT2D eigenvalue weighted by molar-refractivity contribution is -0.141. The zero-order valence-electron chi connectivity index (χ0n) is 17.6. The molecule has 0 radical (unpaired) electrons. The van der Waals surface area contributed by atoms with Crippen LogP contribution >= 0.6 is 23.2 Å². The number of nitrogens with one attached hydrogen (secondary N) is 1. The Kier molecular flexibility index (Phi) is 6.15. The molecule has 1 atom stereocenters. The monoisotopic (exact) mass is 515 g/mol. The van der Waals surface area contributed by atoms with Crippen LogP contribution in [-0.4, -0.2) is 32.1 Å². The van der Waals surface area contributed by atoms with Gasteiger partial charge in [0.1, 0.15) is 11.3 Å². The molecule has 1 unspecified atom stereocenters. The predicted molar refractivity (Wildman–Crippen MR) is 117 cm³/mol. The average molecular weight is 516 g/mol. The molecule has 180 valence electrons. The largest absolute Gasteiger partial charge is 0.478 e. The summed E-state index contributed by atoms with van der Waals surface area (Å²) in [5.74, 6) is -2.29. The molecule has 0 spiro atoms. The molecular weight excluding hydrogens is 498 g/mol. The van der Waals surface area contributed by atoms with Crippen molar-refractivity contribution in [2.24, 2.45) is 7.05 Å². The zero-order chi connectivity index (χ0) is 24.8. The number of carboxylic acid groups (broad SMARTS) is 1. The fourth-order valence-electron chi connectivity index (χ4n) is 3.67. The number of aryl methyl sites for hydroxylation is 1. The fourth-order valence-corrected chi connectivity index (χ4v) is 4.04. The Balaban J connectivity index is 1.67. The summed E-state index contributed by atoms with van der Waals surface area (Å²) in [7, 11) is 1.24. The van der Waals surface area contributed by atoms with Gasteiger partial charge in [-0.05, 0) is 42.7 Å². The number of carbonyl (C=O) groups is 2. The normalized spacial score (nSPS) is 19.2. The van der Waals surface area contributed by atoms with E-state index in [1.807, 2.05) is 0 Å². The molecule has 2 aliphatic rings. The van der Waals surface area contributed by atoms with E-state index in [2.05, 4.69) is 10.4 Å². The van der Waals surface area contributed by atoms with Crippen LogP contribution in [0.25, 0.3) is 0 Å². The van der Waals surface area contributed by atoms with Crippen molar-refractivity contribution >= 4 is 35.1 Å². The van der Waals surface area contributed by atoms with Crippen molar-refractivity contribution in [2.75, 3.05) is 0 Å². The first-order valence-electron chi connectivity index (χ1n) is 10.1. The summed E-state index contributed by atoms with van der Waals surface area (Å²) in [6.07, 6.45) is -0.902. The molecule has 2 aromatic rings. The molecule has 1 aromatic heterocycles. The lowest BCUT2D eigenvalue weighted by Gasteiger charge is -2.20. The molecule has 2 aliphatic carbocycles. The number of amides is 1. The first kappa shape index (κ1) is 24.2. The highest BCUT2D eigenvalue weighted by atomic mass is 35.5. The lowest BCUT2D eigenvalue weighted by Crippen LogP contribution is -2.36. The van der Waals surface area contributed by atoms with Crippen molar-refractivity contribution in [1.29, 1.82) is 0 Å². The van der Waals surface area contributed by atoms with Gasteiger partial charge in [0, 0.05) is 18.5 Å². The Bertz CT molecular complexity index is 1220. The van der Waals surface area contributed by atoms with Crippen LogP contribution in [0.1, 0.15) is 51.2 Å². The Morgan fingerprint density at radius 3 is 2.41 bits per heavy atom. The summed E-state index contributed by atoms with van der Waals surface area (Å²) in [6.45, 7) is 0. The average Bonchev–Trinajstić information content (AvgIpc) is 3.46. The number of alkyl halides is 4. The molecule has 1 fully saturated rings. The van der Waals surface area contributed by atoms with E-state index in [1.165, 1.54) is 43.5 Å². The second-order valence-electron chi connectivity index (χ2n) is 8.03. The highest BCUT2D eigenvalue weighted by molar-refractivity contribution is 6.37. The van der Waals surface area contributed by atoms with Gasteiger partial charge in [-0.3, -0.25) is 4.79 Å². The van der Waals surface area contributed by atoms with Crippen LogP contribution in [0.5, 0.6) is 5.88 Å². The minimum absolute atomic E-state index is 0.0562. The van der Waals surface area contributed by atoms with E-state index in [1.54, 1.807) is 0 Å². The second-order valence-corrected chi connectivity index (χ2v) is 8.99. The number of hydrogen-bond donors (Lipinski definition) is 2. The van der Waals surface area contributed by atoms with Gasteiger partial charge >= 0.3 is 12.1 Å². The number of rotatable bonds is 6. The number of hydrogen-bond acceptors (Lipinski definition) is 4. The van der Waals surface area contributed by atoms with Crippen LogP contribution in [0.3, 0.4) is 0 Å². The number of halogens is 5. The van der Waals surface area contributed by atoms with Crippen molar-refractivity contribution < 1.29 is 32.6 Å². The highest BCUT2D eigenvalue weighted by Crippen LogP contribution is 2.46. The van der Waals surface area contributed by atoms with Crippen LogP contribution in [0.2, 0.25) is 0 Å². The van der Waals surface area contributed by atoms with E-state index < -0.39 is 40.2 Å². The minimum Gasteiger partial charge on any atom is -0.478 e. The van der Waals surface area contributed by atoms with E-state index in [0.29, 0.717) is 23.4 Å². The lowest BCUT2D eigenvalue weighted by atomic mass is 10.0. The van der Waals surface area contributed by atoms with Gasteiger partial charge in [-0.25, -0.2) is 9.48 Å². The number of nitrogens with zero attached hydrogens (tertiary/aromatic N) is 2. The summed E-state index contributed by atoms with van der Waals surface area (Å²) in [6, 6.07) is 5.82. The molecule has 34 heavy (non-hydrogen) atoms. The molecular formula is C22H18Cl2F3N3O4. The van der Waals surface area contributed by atoms with Crippen molar-refractivity contribution in [3.8, 4) is 5.88 Å². The molecule has 12 heteroatoms. The van der Waals surface area contributed by atoms with Crippen LogP contribution < -0.4 is 10.1 Å². The molecule has 1 heterocycles. The van der Waals surface area contributed by atoms with Crippen molar-refractivity contribution in [2.45, 2.75) is 36.4 Å². The van der Waals surface area contributed by atoms with Gasteiger partial charge in [-0.15, -0.1) is 11.6 Å². The molecule has 2 N–H and O–H groups in total. The van der Waals surface area contributed by atoms with E-state index in [-0.39, 0.29) is 23.6 Å². The van der Waals surface area contributed by atoms with Gasteiger partial charge in [0.05, 0.1) is 16.5 Å². The zero-order valence-corrected chi connectivity index (χ0v) is 19.1. The number of aromatic carboxylic acids is 1. The first-order valence-corrected chi connectivity index (χ1v) is 10.9. The molecule has 7 nitrogen and oxygen atoms in total. The summed E-state index contributed by atoms with van der Waals surface area (Å²) in [4.78, 5) is 24.3.